The monoisotopic (exact) mass is 305 g/mol. The lowest BCUT2D eigenvalue weighted by atomic mass is 10.2. The second-order valence-corrected chi connectivity index (χ2v) is 4.36. The van der Waals surface area contributed by atoms with E-state index in [9.17, 15) is 0 Å². The molecular formula is C14H19N5O3. The zero-order valence-electron chi connectivity index (χ0n) is 12.9. The summed E-state index contributed by atoms with van der Waals surface area (Å²) in [4.78, 5) is 0. The van der Waals surface area contributed by atoms with Crippen molar-refractivity contribution in [3.8, 4) is 17.2 Å². The van der Waals surface area contributed by atoms with Crippen molar-refractivity contribution >= 4 is 5.95 Å². The molecule has 0 radical (unpaired) electrons. The predicted molar refractivity (Wildman–Crippen MR) is 81.4 cm³/mol. The average Bonchev–Trinajstić information content (AvgIpc) is 2.99. The van der Waals surface area contributed by atoms with Crippen LogP contribution >= 0.6 is 0 Å². The highest BCUT2D eigenvalue weighted by atomic mass is 16.5. The number of hydrogen-bond donors (Lipinski definition) is 1. The molecule has 1 N–H and O–H groups in total. The van der Waals surface area contributed by atoms with Crippen molar-refractivity contribution in [1.82, 2.24) is 20.2 Å². The molecule has 0 atom stereocenters. The van der Waals surface area contributed by atoms with Gasteiger partial charge in [-0.05, 0) is 28.1 Å². The number of benzene rings is 1. The maximum Gasteiger partial charge on any atom is 0.243 e. The van der Waals surface area contributed by atoms with Gasteiger partial charge in [0.2, 0.25) is 11.7 Å². The Labute approximate surface area is 128 Å². The Morgan fingerprint density at radius 1 is 1.18 bits per heavy atom. The van der Waals surface area contributed by atoms with E-state index in [1.807, 2.05) is 12.1 Å². The van der Waals surface area contributed by atoms with Crippen LogP contribution in [0.25, 0.3) is 0 Å². The largest absolute Gasteiger partial charge is 0.493 e. The molecule has 118 valence electrons. The number of hydrogen-bond acceptors (Lipinski definition) is 7. The molecule has 1 aromatic heterocycles. The third-order valence-corrected chi connectivity index (χ3v) is 3.01. The minimum atomic E-state index is 0.508. The molecule has 0 saturated heterocycles. The highest BCUT2D eigenvalue weighted by molar-refractivity contribution is 5.54. The summed E-state index contributed by atoms with van der Waals surface area (Å²) in [6.45, 7) is 4.71. The van der Waals surface area contributed by atoms with E-state index >= 15 is 0 Å². The summed E-state index contributed by atoms with van der Waals surface area (Å²) in [5.74, 6) is 2.33. The molecule has 0 aliphatic heterocycles. The molecule has 22 heavy (non-hydrogen) atoms. The first-order chi connectivity index (χ1) is 10.7. The smallest absolute Gasteiger partial charge is 0.243 e. The van der Waals surface area contributed by atoms with Gasteiger partial charge in [0, 0.05) is 6.54 Å². The Hall–Kier alpha value is -2.77. The van der Waals surface area contributed by atoms with Crippen LogP contribution in [0.2, 0.25) is 0 Å². The normalized spacial score (nSPS) is 10.1. The average molecular weight is 305 g/mol. The summed E-state index contributed by atoms with van der Waals surface area (Å²) in [5, 5.41) is 14.6. The molecular weight excluding hydrogens is 286 g/mol. The minimum absolute atomic E-state index is 0.508. The van der Waals surface area contributed by atoms with Gasteiger partial charge in [-0.3, -0.25) is 0 Å². The van der Waals surface area contributed by atoms with Crippen LogP contribution in [0, 0.1) is 0 Å². The van der Waals surface area contributed by atoms with Crippen molar-refractivity contribution in [2.75, 3.05) is 26.6 Å². The predicted octanol–water partition coefficient (Wildman–Crippen LogP) is 1.50. The summed E-state index contributed by atoms with van der Waals surface area (Å²) in [6.07, 6.45) is 1.72. The van der Waals surface area contributed by atoms with Gasteiger partial charge >= 0.3 is 0 Å². The van der Waals surface area contributed by atoms with Crippen molar-refractivity contribution in [1.29, 1.82) is 0 Å². The fourth-order valence-corrected chi connectivity index (χ4v) is 2.00. The van der Waals surface area contributed by atoms with E-state index in [4.69, 9.17) is 14.2 Å². The van der Waals surface area contributed by atoms with Crippen molar-refractivity contribution in [2.45, 2.75) is 13.1 Å². The van der Waals surface area contributed by atoms with E-state index in [0.717, 1.165) is 5.56 Å². The van der Waals surface area contributed by atoms with Crippen LogP contribution in [-0.2, 0) is 13.1 Å². The first-order valence-corrected chi connectivity index (χ1v) is 6.63. The lowest BCUT2D eigenvalue weighted by molar-refractivity contribution is 0.324. The second kappa shape index (κ2) is 7.30. The van der Waals surface area contributed by atoms with E-state index in [1.165, 1.54) is 0 Å². The highest BCUT2D eigenvalue weighted by Crippen LogP contribution is 2.38. The van der Waals surface area contributed by atoms with Crippen LogP contribution in [0.4, 0.5) is 5.95 Å². The molecule has 0 aliphatic rings. The Bertz CT molecular complexity index is 616. The first kappa shape index (κ1) is 15.6. The third kappa shape index (κ3) is 3.27. The molecule has 0 amide bonds. The van der Waals surface area contributed by atoms with Crippen LogP contribution in [0.1, 0.15) is 5.56 Å². The summed E-state index contributed by atoms with van der Waals surface area (Å²) < 4.78 is 17.6. The molecule has 8 heteroatoms. The van der Waals surface area contributed by atoms with Crippen molar-refractivity contribution in [3.05, 3.63) is 30.4 Å². The molecule has 2 aromatic rings. The molecule has 0 spiro atoms. The topological polar surface area (TPSA) is 83.3 Å². The van der Waals surface area contributed by atoms with E-state index in [2.05, 4.69) is 27.4 Å². The lowest BCUT2D eigenvalue weighted by Gasteiger charge is -2.14. The zero-order valence-corrected chi connectivity index (χ0v) is 12.9. The van der Waals surface area contributed by atoms with E-state index < -0.39 is 0 Å². The van der Waals surface area contributed by atoms with Crippen molar-refractivity contribution in [3.63, 3.8) is 0 Å². The number of nitrogens with zero attached hydrogens (tertiary/aromatic N) is 4. The molecule has 8 nitrogen and oxygen atoms in total. The van der Waals surface area contributed by atoms with Gasteiger partial charge in [0.15, 0.2) is 11.5 Å². The summed E-state index contributed by atoms with van der Waals surface area (Å²) in [5.41, 5.74) is 0.947. The van der Waals surface area contributed by atoms with E-state index in [1.54, 1.807) is 32.1 Å². The molecule has 0 unspecified atom stereocenters. The molecule has 1 aromatic carbocycles. The number of methoxy groups -OCH3 is 3. The number of tetrazole rings is 1. The van der Waals surface area contributed by atoms with Crippen LogP contribution in [0.3, 0.4) is 0 Å². The molecule has 1 heterocycles. The summed E-state index contributed by atoms with van der Waals surface area (Å²) >= 11 is 0. The van der Waals surface area contributed by atoms with Gasteiger partial charge in [0.25, 0.3) is 0 Å². The molecule has 2 rings (SSSR count). The molecule has 0 aliphatic carbocycles. The summed E-state index contributed by atoms with van der Waals surface area (Å²) in [6, 6.07) is 3.74. The van der Waals surface area contributed by atoms with Crippen LogP contribution < -0.4 is 19.5 Å². The highest BCUT2D eigenvalue weighted by Gasteiger charge is 2.13. The zero-order chi connectivity index (χ0) is 15.9. The third-order valence-electron chi connectivity index (χ3n) is 3.01. The number of aromatic nitrogens is 4. The Morgan fingerprint density at radius 2 is 1.86 bits per heavy atom. The number of nitrogens with one attached hydrogen (secondary N) is 1. The van der Waals surface area contributed by atoms with Gasteiger partial charge in [0.1, 0.15) is 0 Å². The van der Waals surface area contributed by atoms with Crippen LogP contribution in [-0.4, -0.2) is 41.5 Å². The Kier molecular flexibility index (Phi) is 5.18. The first-order valence-electron chi connectivity index (χ1n) is 6.63. The quantitative estimate of drug-likeness (QED) is 0.740. The van der Waals surface area contributed by atoms with Crippen molar-refractivity contribution in [2.24, 2.45) is 0 Å². The van der Waals surface area contributed by atoms with Gasteiger partial charge in [-0.15, -0.1) is 6.58 Å². The molecule has 0 fully saturated rings. The van der Waals surface area contributed by atoms with Gasteiger partial charge in [-0.1, -0.05) is 11.2 Å². The number of allylic oxidation sites excluding steroid dienone is 1. The van der Waals surface area contributed by atoms with Crippen molar-refractivity contribution < 1.29 is 14.2 Å². The summed E-state index contributed by atoms with van der Waals surface area (Å²) in [7, 11) is 4.74. The van der Waals surface area contributed by atoms with Gasteiger partial charge in [-0.2, -0.15) is 0 Å². The lowest BCUT2D eigenvalue weighted by Crippen LogP contribution is -2.08. The fraction of sp³-hybridized carbons (Fsp3) is 0.357. The van der Waals surface area contributed by atoms with Gasteiger partial charge in [-0.25, -0.2) is 4.68 Å². The number of anilines is 1. The Balaban J connectivity index is 2.19. The minimum Gasteiger partial charge on any atom is -0.493 e. The van der Waals surface area contributed by atoms with Gasteiger partial charge < -0.3 is 19.5 Å². The SMILES string of the molecule is C=CCn1nnnc1NCc1cc(OC)c(OC)c(OC)c1. The van der Waals surface area contributed by atoms with E-state index in [0.29, 0.717) is 36.3 Å². The standard InChI is InChI=1S/C14H19N5O3/c1-5-6-19-14(16-17-18-19)15-9-10-7-11(20-2)13(22-4)12(8-10)21-3/h5,7-8H,1,6,9H2,2-4H3,(H,15,16,18). The van der Waals surface area contributed by atoms with Crippen LogP contribution in [0.5, 0.6) is 17.2 Å². The maximum atomic E-state index is 5.33. The van der Waals surface area contributed by atoms with E-state index in [-0.39, 0.29) is 0 Å². The molecule has 0 bridgehead atoms. The maximum absolute atomic E-state index is 5.33. The van der Waals surface area contributed by atoms with Crippen LogP contribution in [0.15, 0.2) is 24.8 Å². The molecule has 0 saturated carbocycles. The fourth-order valence-electron chi connectivity index (χ4n) is 2.00. The number of ether oxygens (including phenoxy) is 3. The second-order valence-electron chi connectivity index (χ2n) is 4.36. The number of rotatable bonds is 8. The van der Waals surface area contributed by atoms with Gasteiger partial charge in [0.05, 0.1) is 27.9 Å². The Morgan fingerprint density at radius 3 is 2.41 bits per heavy atom.